The molecule has 0 radical (unpaired) electrons. The highest BCUT2D eigenvalue weighted by Crippen LogP contribution is 2.16. The Hall–Kier alpha value is -1.94. The van der Waals surface area contributed by atoms with Gasteiger partial charge in [0.2, 0.25) is 0 Å². The predicted molar refractivity (Wildman–Crippen MR) is 62.2 cm³/mol. The van der Waals surface area contributed by atoms with E-state index < -0.39 is 0 Å². The van der Waals surface area contributed by atoms with E-state index in [2.05, 4.69) is 5.32 Å². The minimum absolute atomic E-state index is 0.0593. The van der Waals surface area contributed by atoms with Crippen molar-refractivity contribution in [2.45, 2.75) is 19.0 Å². The summed E-state index contributed by atoms with van der Waals surface area (Å²) in [5, 5.41) is 3.24. The van der Waals surface area contributed by atoms with Gasteiger partial charge < -0.3 is 9.73 Å². The second-order valence-electron chi connectivity index (χ2n) is 3.82. The average Bonchev–Trinajstić information content (AvgIpc) is 2.89. The molecule has 1 aromatic rings. The van der Waals surface area contributed by atoms with Gasteiger partial charge in [-0.25, -0.2) is 0 Å². The van der Waals surface area contributed by atoms with E-state index in [1.807, 2.05) is 12.1 Å². The molecule has 1 aliphatic carbocycles. The highest BCUT2D eigenvalue weighted by Gasteiger charge is 2.14. The monoisotopic (exact) mass is 231 g/mol. The standard InChI is InChI=1S/C13H13NO3/c15-8-10-3-4-12(6-11(10)9-16)14-7-13-2-1-5-17-13/h1-3,5-6,8-9,12,14H,4,7H2. The van der Waals surface area contributed by atoms with E-state index in [-0.39, 0.29) is 6.04 Å². The maximum absolute atomic E-state index is 10.8. The van der Waals surface area contributed by atoms with Gasteiger partial charge in [0.1, 0.15) is 18.3 Å². The zero-order valence-electron chi connectivity index (χ0n) is 9.26. The normalized spacial score (nSPS) is 19.4. The van der Waals surface area contributed by atoms with Crippen molar-refractivity contribution in [1.29, 1.82) is 0 Å². The first-order chi connectivity index (χ1) is 8.33. The summed E-state index contributed by atoms with van der Waals surface area (Å²) in [6, 6.07) is 3.77. The molecule has 0 amide bonds. The third-order valence-corrected chi connectivity index (χ3v) is 2.68. The molecular formula is C13H13NO3. The van der Waals surface area contributed by atoms with Crippen molar-refractivity contribution in [3.8, 4) is 0 Å². The van der Waals surface area contributed by atoms with Crippen molar-refractivity contribution in [2.75, 3.05) is 0 Å². The van der Waals surface area contributed by atoms with Crippen LogP contribution in [0.4, 0.5) is 0 Å². The van der Waals surface area contributed by atoms with Gasteiger partial charge in [0, 0.05) is 17.2 Å². The van der Waals surface area contributed by atoms with Gasteiger partial charge in [0.25, 0.3) is 0 Å². The summed E-state index contributed by atoms with van der Waals surface area (Å²) < 4.78 is 5.20. The fourth-order valence-corrected chi connectivity index (χ4v) is 1.76. The van der Waals surface area contributed by atoms with E-state index in [4.69, 9.17) is 4.42 Å². The average molecular weight is 231 g/mol. The largest absolute Gasteiger partial charge is 0.468 e. The number of nitrogens with one attached hydrogen (secondary N) is 1. The minimum atomic E-state index is 0.0593. The molecule has 4 nitrogen and oxygen atoms in total. The molecule has 17 heavy (non-hydrogen) atoms. The minimum Gasteiger partial charge on any atom is -0.468 e. The molecule has 1 heterocycles. The summed E-state index contributed by atoms with van der Waals surface area (Å²) in [4.78, 5) is 21.5. The first kappa shape index (κ1) is 11.5. The molecule has 1 N–H and O–H groups in total. The maximum Gasteiger partial charge on any atom is 0.150 e. The highest BCUT2D eigenvalue weighted by atomic mass is 16.3. The maximum atomic E-state index is 10.8. The summed E-state index contributed by atoms with van der Waals surface area (Å²) in [6.45, 7) is 0.602. The van der Waals surface area contributed by atoms with E-state index in [1.165, 1.54) is 0 Å². The van der Waals surface area contributed by atoms with Gasteiger partial charge in [0.05, 0.1) is 12.8 Å². The van der Waals surface area contributed by atoms with Gasteiger partial charge in [-0.2, -0.15) is 0 Å². The van der Waals surface area contributed by atoms with E-state index in [9.17, 15) is 9.59 Å². The van der Waals surface area contributed by atoms with Crippen molar-refractivity contribution < 1.29 is 14.0 Å². The quantitative estimate of drug-likeness (QED) is 0.778. The Balaban J connectivity index is 1.96. The smallest absolute Gasteiger partial charge is 0.150 e. The molecule has 88 valence electrons. The van der Waals surface area contributed by atoms with Crippen LogP contribution in [0.2, 0.25) is 0 Å². The number of carbonyl (C=O) groups is 2. The topological polar surface area (TPSA) is 59.3 Å². The van der Waals surface area contributed by atoms with Crippen molar-refractivity contribution >= 4 is 12.6 Å². The van der Waals surface area contributed by atoms with Crippen LogP contribution in [0.1, 0.15) is 12.2 Å². The Morgan fingerprint density at radius 2 is 2.18 bits per heavy atom. The van der Waals surface area contributed by atoms with Crippen LogP contribution in [-0.2, 0) is 16.1 Å². The fraction of sp³-hybridized carbons (Fsp3) is 0.231. The fourth-order valence-electron chi connectivity index (χ4n) is 1.76. The van der Waals surface area contributed by atoms with Crippen LogP contribution in [0.3, 0.4) is 0 Å². The lowest BCUT2D eigenvalue weighted by Crippen LogP contribution is -2.28. The summed E-state index contributed by atoms with van der Waals surface area (Å²) >= 11 is 0. The van der Waals surface area contributed by atoms with Gasteiger partial charge >= 0.3 is 0 Å². The van der Waals surface area contributed by atoms with Gasteiger partial charge in [-0.1, -0.05) is 12.2 Å². The molecule has 1 unspecified atom stereocenters. The third-order valence-electron chi connectivity index (χ3n) is 2.68. The van der Waals surface area contributed by atoms with Gasteiger partial charge in [-0.3, -0.25) is 9.59 Å². The number of rotatable bonds is 5. The lowest BCUT2D eigenvalue weighted by molar-refractivity contribution is -0.107. The van der Waals surface area contributed by atoms with Crippen molar-refractivity contribution in [3.05, 3.63) is 47.5 Å². The number of carbonyl (C=O) groups excluding carboxylic acids is 2. The van der Waals surface area contributed by atoms with Crippen molar-refractivity contribution in [1.82, 2.24) is 5.32 Å². The van der Waals surface area contributed by atoms with Crippen LogP contribution in [-0.4, -0.2) is 18.6 Å². The number of aldehydes is 2. The lowest BCUT2D eigenvalue weighted by Gasteiger charge is -2.17. The Labute approximate surface area is 99.0 Å². The zero-order valence-corrected chi connectivity index (χ0v) is 9.26. The van der Waals surface area contributed by atoms with Crippen molar-refractivity contribution in [3.63, 3.8) is 0 Å². The molecule has 2 rings (SSSR count). The molecule has 1 aliphatic rings. The molecule has 0 bridgehead atoms. The highest BCUT2D eigenvalue weighted by molar-refractivity contribution is 5.95. The summed E-state index contributed by atoms with van der Waals surface area (Å²) in [6.07, 6.45) is 7.29. The molecular weight excluding hydrogens is 218 g/mol. The molecule has 0 spiro atoms. The van der Waals surface area contributed by atoms with Gasteiger partial charge in [-0.15, -0.1) is 0 Å². The Morgan fingerprint density at radius 1 is 1.35 bits per heavy atom. The second-order valence-corrected chi connectivity index (χ2v) is 3.82. The summed E-state index contributed by atoms with van der Waals surface area (Å²) in [5.41, 5.74) is 0.916. The predicted octanol–water partition coefficient (Wildman–Crippen LogP) is 1.39. The molecule has 0 saturated heterocycles. The lowest BCUT2D eigenvalue weighted by atomic mass is 9.96. The van der Waals surface area contributed by atoms with Crippen LogP contribution >= 0.6 is 0 Å². The van der Waals surface area contributed by atoms with E-state index >= 15 is 0 Å². The number of hydrogen-bond acceptors (Lipinski definition) is 4. The van der Waals surface area contributed by atoms with E-state index in [0.717, 1.165) is 5.76 Å². The van der Waals surface area contributed by atoms with Gasteiger partial charge in [0.15, 0.2) is 0 Å². The van der Waals surface area contributed by atoms with Gasteiger partial charge in [-0.05, 0) is 18.6 Å². The third kappa shape index (κ3) is 2.79. The van der Waals surface area contributed by atoms with Crippen LogP contribution in [0.5, 0.6) is 0 Å². The Bertz CT molecular complexity index is 457. The summed E-state index contributed by atoms with van der Waals surface area (Å²) in [5.74, 6) is 0.844. The summed E-state index contributed by atoms with van der Waals surface area (Å²) in [7, 11) is 0. The Kier molecular flexibility index (Phi) is 3.67. The first-order valence-electron chi connectivity index (χ1n) is 5.42. The number of allylic oxidation sites excluding steroid dienone is 2. The Morgan fingerprint density at radius 3 is 2.82 bits per heavy atom. The molecule has 1 atom stereocenters. The van der Waals surface area contributed by atoms with Crippen LogP contribution in [0, 0.1) is 0 Å². The van der Waals surface area contributed by atoms with E-state index in [0.29, 0.717) is 36.7 Å². The molecule has 0 aliphatic heterocycles. The number of hydrogen-bond donors (Lipinski definition) is 1. The SMILES string of the molecule is O=CC1=CCC(NCc2ccco2)C=C1C=O. The van der Waals surface area contributed by atoms with Crippen molar-refractivity contribution in [2.24, 2.45) is 0 Å². The van der Waals surface area contributed by atoms with Crippen LogP contribution < -0.4 is 5.32 Å². The zero-order chi connectivity index (χ0) is 12.1. The molecule has 1 aromatic heterocycles. The first-order valence-corrected chi connectivity index (χ1v) is 5.42. The molecule has 0 fully saturated rings. The second kappa shape index (κ2) is 5.41. The van der Waals surface area contributed by atoms with E-state index in [1.54, 1.807) is 18.4 Å². The van der Waals surface area contributed by atoms with Crippen LogP contribution in [0.25, 0.3) is 0 Å². The number of furan rings is 1. The van der Waals surface area contributed by atoms with Crippen LogP contribution in [0.15, 0.2) is 46.1 Å². The molecule has 0 aromatic carbocycles. The molecule has 0 saturated carbocycles. The molecule has 4 heteroatoms.